The number of likely N-dealkylation sites (tertiary alicyclic amines) is 1. The van der Waals surface area contributed by atoms with E-state index in [1.54, 1.807) is 0 Å². The second-order valence-corrected chi connectivity index (χ2v) is 15.1. The number of rotatable bonds is 10. The lowest BCUT2D eigenvalue weighted by Gasteiger charge is -2.49. The lowest BCUT2D eigenvalue weighted by Crippen LogP contribution is -2.56. The monoisotopic (exact) mass is 682 g/mol. The van der Waals surface area contributed by atoms with E-state index in [0.717, 1.165) is 43.4 Å². The number of hydrogen-bond donors (Lipinski definition) is 1. The summed E-state index contributed by atoms with van der Waals surface area (Å²) in [5, 5.41) is 10.5. The summed E-state index contributed by atoms with van der Waals surface area (Å²) in [6.07, 6.45) is 6.15. The summed E-state index contributed by atoms with van der Waals surface area (Å²) in [4.78, 5) is 20.1. The van der Waals surface area contributed by atoms with Gasteiger partial charge in [-0.2, -0.15) is 15.2 Å². The Labute approximate surface area is 280 Å². The number of likely N-dealkylation sites (N-methyl/N-ethyl adjacent to an activating group) is 2. The molecule has 0 unspecified atom stereocenters. The van der Waals surface area contributed by atoms with E-state index in [2.05, 4.69) is 33.9 Å². The van der Waals surface area contributed by atoms with Gasteiger partial charge in [0.25, 0.3) is 5.92 Å². The minimum atomic E-state index is -2.61. The number of hydrogen-bond acceptors (Lipinski definition) is 10. The van der Waals surface area contributed by atoms with Gasteiger partial charge in [0.05, 0.1) is 22.3 Å². The topological polar surface area (TPSA) is 107 Å². The van der Waals surface area contributed by atoms with Crippen molar-refractivity contribution in [2.24, 2.45) is 5.41 Å². The number of ether oxygens (including phenoxy) is 1. The molecule has 9 nitrogen and oxygen atoms in total. The van der Waals surface area contributed by atoms with Crippen molar-refractivity contribution in [2.45, 2.75) is 56.4 Å². The van der Waals surface area contributed by atoms with Crippen LogP contribution in [0.2, 0.25) is 0 Å². The number of aromatic nitrogens is 3. The Morgan fingerprint density at radius 2 is 1.79 bits per heavy atom. The molecule has 3 aromatic heterocycles. The number of halogens is 4. The van der Waals surface area contributed by atoms with Gasteiger partial charge < -0.3 is 25.2 Å². The molecule has 14 heteroatoms. The number of alkyl halides is 2. The lowest BCUT2D eigenvalue weighted by molar-refractivity contribution is -0.0591. The van der Waals surface area contributed by atoms with Crippen LogP contribution in [0.4, 0.5) is 28.4 Å². The van der Waals surface area contributed by atoms with Gasteiger partial charge >= 0.3 is 6.01 Å². The number of nitrogens with two attached hydrogens (primary N) is 1. The molecule has 0 amide bonds. The first kappa shape index (κ1) is 32.7. The molecule has 48 heavy (non-hydrogen) atoms. The van der Waals surface area contributed by atoms with Crippen molar-refractivity contribution in [1.29, 1.82) is 5.26 Å². The Morgan fingerprint density at radius 1 is 1.06 bits per heavy atom. The molecule has 4 aromatic rings. The summed E-state index contributed by atoms with van der Waals surface area (Å²) in [6.45, 7) is 2.23. The van der Waals surface area contributed by atoms with Crippen molar-refractivity contribution in [3.8, 4) is 23.3 Å². The van der Waals surface area contributed by atoms with Crippen molar-refractivity contribution < 1.29 is 22.3 Å². The Hall–Kier alpha value is -3.80. The fraction of sp³-hybridized carbons (Fsp3) is 0.529. The largest absolute Gasteiger partial charge is 0.463 e. The molecule has 0 bridgehead atoms. The number of benzene rings is 1. The summed E-state index contributed by atoms with van der Waals surface area (Å²) in [6, 6.07) is 4.65. The summed E-state index contributed by atoms with van der Waals surface area (Å²) in [7, 11) is 6.02. The predicted molar refractivity (Wildman–Crippen MR) is 179 cm³/mol. The molecule has 2 N–H and O–H groups in total. The summed E-state index contributed by atoms with van der Waals surface area (Å²) < 4.78 is 65.4. The molecule has 2 saturated carbocycles. The van der Waals surface area contributed by atoms with Crippen molar-refractivity contribution in [2.75, 3.05) is 64.6 Å². The van der Waals surface area contributed by atoms with Gasteiger partial charge in [0.1, 0.15) is 33.9 Å². The molecule has 1 aliphatic heterocycles. The normalized spacial score (nSPS) is 19.7. The van der Waals surface area contributed by atoms with E-state index < -0.39 is 17.6 Å². The van der Waals surface area contributed by atoms with Crippen LogP contribution in [-0.4, -0.2) is 90.1 Å². The number of thiophene rings is 1. The second-order valence-electron chi connectivity index (χ2n) is 14.0. The minimum absolute atomic E-state index is 0.00566. The molecular weight excluding hydrogens is 644 g/mol. The summed E-state index contributed by atoms with van der Waals surface area (Å²) in [5.74, 6) is -3.46. The molecule has 1 saturated heterocycles. The van der Waals surface area contributed by atoms with E-state index in [9.17, 15) is 18.4 Å². The molecule has 4 heterocycles. The van der Waals surface area contributed by atoms with Gasteiger partial charge in [0, 0.05) is 74.2 Å². The lowest BCUT2D eigenvalue weighted by atomic mass is 9.75. The zero-order valence-electron chi connectivity index (χ0n) is 27.3. The average molecular weight is 683 g/mol. The first-order valence-electron chi connectivity index (χ1n) is 16.2. The standard InChI is InChI=1S/C34H38F4N8OS/c1-44(2)33(7-4-8-33)18-45(3)30-22-16-41-26(20-5-6-23(35)28-24(20)21(15-39)29(40)48-28)25(36)27(22)42-31(43-30)47-19-32(9-10-32)17-46-13-11-34(37,38)12-14-46/h5-6,16H,4,7-14,17-19,40H2,1-3H3. The van der Waals surface area contributed by atoms with Crippen molar-refractivity contribution in [1.82, 2.24) is 24.8 Å². The predicted octanol–water partition coefficient (Wildman–Crippen LogP) is 6.45. The van der Waals surface area contributed by atoms with E-state index in [0.29, 0.717) is 37.4 Å². The summed E-state index contributed by atoms with van der Waals surface area (Å²) in [5.41, 5.74) is 5.98. The van der Waals surface area contributed by atoms with Crippen LogP contribution < -0.4 is 15.4 Å². The van der Waals surface area contributed by atoms with E-state index in [1.807, 2.05) is 18.0 Å². The number of anilines is 2. The van der Waals surface area contributed by atoms with Crippen LogP contribution in [0.1, 0.15) is 50.5 Å². The maximum Gasteiger partial charge on any atom is 0.319 e. The SMILES string of the molecule is CN(CC1(N(C)C)CCC1)c1nc(OCC2(CN3CCC(F)(F)CC3)CC2)nc2c(F)c(-c3ccc(F)c4sc(N)c(C#N)c34)ncc12. The van der Waals surface area contributed by atoms with E-state index in [4.69, 9.17) is 15.5 Å². The number of fused-ring (bicyclic) bond motifs is 2. The average Bonchev–Trinajstić information content (AvgIpc) is 3.71. The van der Waals surface area contributed by atoms with Gasteiger partial charge in [0.2, 0.25) is 0 Å². The smallest absolute Gasteiger partial charge is 0.319 e. The molecule has 0 atom stereocenters. The Bertz CT molecular complexity index is 1920. The number of piperidine rings is 1. The van der Waals surface area contributed by atoms with Gasteiger partial charge in [0.15, 0.2) is 5.82 Å². The number of nitriles is 1. The van der Waals surface area contributed by atoms with Crippen molar-refractivity contribution >= 4 is 43.1 Å². The van der Waals surface area contributed by atoms with Gasteiger partial charge in [-0.15, -0.1) is 11.3 Å². The highest BCUT2D eigenvalue weighted by Gasteiger charge is 2.47. The number of nitrogens with zero attached hydrogens (tertiary/aromatic N) is 7. The molecule has 3 aliphatic rings. The van der Waals surface area contributed by atoms with E-state index in [-0.39, 0.29) is 73.8 Å². The summed E-state index contributed by atoms with van der Waals surface area (Å²) >= 11 is 0.932. The molecule has 3 fully saturated rings. The highest BCUT2D eigenvalue weighted by molar-refractivity contribution is 7.23. The number of nitrogen functional groups attached to an aromatic ring is 1. The Balaban J connectivity index is 1.27. The quantitative estimate of drug-likeness (QED) is 0.189. The van der Waals surface area contributed by atoms with Crippen LogP contribution in [0.3, 0.4) is 0 Å². The Morgan fingerprint density at radius 3 is 2.42 bits per heavy atom. The van der Waals surface area contributed by atoms with Crippen LogP contribution in [-0.2, 0) is 0 Å². The molecule has 2 aliphatic carbocycles. The first-order valence-corrected chi connectivity index (χ1v) is 17.0. The third-order valence-electron chi connectivity index (χ3n) is 10.6. The van der Waals surface area contributed by atoms with Crippen LogP contribution in [0.15, 0.2) is 18.3 Å². The minimum Gasteiger partial charge on any atom is -0.463 e. The maximum absolute atomic E-state index is 16.7. The zero-order chi connectivity index (χ0) is 34.0. The van der Waals surface area contributed by atoms with Crippen molar-refractivity contribution in [3.63, 3.8) is 0 Å². The van der Waals surface area contributed by atoms with Crippen LogP contribution in [0.5, 0.6) is 6.01 Å². The third-order valence-corrected chi connectivity index (χ3v) is 11.6. The fourth-order valence-electron chi connectivity index (χ4n) is 7.17. The second kappa shape index (κ2) is 12.0. The van der Waals surface area contributed by atoms with Gasteiger partial charge in [-0.25, -0.2) is 17.6 Å². The van der Waals surface area contributed by atoms with Crippen LogP contribution in [0.25, 0.3) is 32.2 Å². The van der Waals surface area contributed by atoms with Gasteiger partial charge in [-0.1, -0.05) is 0 Å². The van der Waals surface area contributed by atoms with Crippen LogP contribution >= 0.6 is 11.3 Å². The number of pyridine rings is 1. The van der Waals surface area contributed by atoms with Gasteiger partial charge in [-0.05, 0) is 58.3 Å². The Kier molecular flexibility index (Phi) is 8.16. The first-order chi connectivity index (χ1) is 22.8. The molecular formula is C34H38F4N8OS. The maximum atomic E-state index is 16.7. The van der Waals surface area contributed by atoms with Gasteiger partial charge in [-0.3, -0.25) is 4.98 Å². The fourth-order valence-corrected chi connectivity index (χ4v) is 8.12. The molecule has 7 rings (SSSR count). The van der Waals surface area contributed by atoms with E-state index in [1.165, 1.54) is 18.3 Å². The highest BCUT2D eigenvalue weighted by atomic mass is 32.1. The van der Waals surface area contributed by atoms with Crippen LogP contribution in [0, 0.1) is 28.4 Å². The van der Waals surface area contributed by atoms with E-state index >= 15 is 4.39 Å². The zero-order valence-corrected chi connectivity index (χ0v) is 28.1. The third kappa shape index (κ3) is 5.79. The molecule has 0 spiro atoms. The molecule has 254 valence electrons. The van der Waals surface area contributed by atoms with Crippen molar-refractivity contribution in [3.05, 3.63) is 35.5 Å². The highest BCUT2D eigenvalue weighted by Crippen LogP contribution is 2.48. The molecule has 1 aromatic carbocycles. The molecule has 0 radical (unpaired) electrons.